The van der Waals surface area contributed by atoms with Gasteiger partial charge < -0.3 is 4.57 Å². The summed E-state index contributed by atoms with van der Waals surface area (Å²) in [6, 6.07) is 16.5. The van der Waals surface area contributed by atoms with Gasteiger partial charge >= 0.3 is 0 Å². The highest BCUT2D eigenvalue weighted by Crippen LogP contribution is 2.26. The Morgan fingerprint density at radius 3 is 2.35 bits per heavy atom. The summed E-state index contributed by atoms with van der Waals surface area (Å²) in [4.78, 5) is 15.1. The Morgan fingerprint density at radius 2 is 1.74 bits per heavy atom. The van der Waals surface area contributed by atoms with Gasteiger partial charge in [0.2, 0.25) is 0 Å². The Balaban J connectivity index is 2.03. The topological polar surface area (TPSA) is 61.0 Å². The number of hydrogen-bond acceptors (Lipinski definition) is 3. The lowest BCUT2D eigenvalue weighted by molar-refractivity contribution is -0.384. The molecule has 3 rings (SSSR count). The van der Waals surface area contributed by atoms with E-state index in [4.69, 9.17) is 4.98 Å². The molecule has 0 spiro atoms. The van der Waals surface area contributed by atoms with Crippen molar-refractivity contribution < 1.29 is 4.92 Å². The highest BCUT2D eigenvalue weighted by molar-refractivity contribution is 5.65. The lowest BCUT2D eigenvalue weighted by atomic mass is 10.2. The van der Waals surface area contributed by atoms with Gasteiger partial charge in [-0.1, -0.05) is 37.3 Å². The van der Waals surface area contributed by atoms with Gasteiger partial charge in [0.25, 0.3) is 5.69 Å². The molecule has 1 aromatic heterocycles. The van der Waals surface area contributed by atoms with Gasteiger partial charge in [-0.25, -0.2) is 4.98 Å². The van der Waals surface area contributed by atoms with E-state index in [0.29, 0.717) is 0 Å². The maximum atomic E-state index is 10.8. The van der Waals surface area contributed by atoms with Gasteiger partial charge in [-0.3, -0.25) is 10.1 Å². The quantitative estimate of drug-likeness (QED) is 0.513. The van der Waals surface area contributed by atoms with Crippen LogP contribution in [-0.2, 0) is 6.54 Å². The number of nitrogens with zero attached hydrogens (tertiary/aromatic N) is 3. The lowest BCUT2D eigenvalue weighted by Gasteiger charge is -2.05. The average molecular weight is 307 g/mol. The fourth-order valence-corrected chi connectivity index (χ4v) is 2.54. The van der Waals surface area contributed by atoms with Crippen LogP contribution in [0.15, 0.2) is 60.8 Å². The van der Waals surface area contributed by atoms with Crippen molar-refractivity contribution in [3.05, 3.63) is 70.9 Å². The number of aryl methyl sites for hydroxylation is 1. The minimum Gasteiger partial charge on any atom is -0.330 e. The third kappa shape index (κ3) is 3.13. The summed E-state index contributed by atoms with van der Waals surface area (Å²) < 4.78 is 2.10. The molecule has 5 heteroatoms. The third-order valence-electron chi connectivity index (χ3n) is 3.65. The molecule has 0 unspecified atom stereocenters. The number of non-ortho nitro benzene ring substituents is 1. The maximum absolute atomic E-state index is 10.8. The number of hydrogen-bond donors (Lipinski definition) is 0. The molecule has 1 heterocycles. The summed E-state index contributed by atoms with van der Waals surface area (Å²) in [6.45, 7) is 2.97. The van der Waals surface area contributed by atoms with Crippen molar-refractivity contribution >= 4 is 5.69 Å². The highest BCUT2D eigenvalue weighted by Gasteiger charge is 2.12. The van der Waals surface area contributed by atoms with E-state index in [2.05, 4.69) is 11.5 Å². The molecule has 0 radical (unpaired) electrons. The summed E-state index contributed by atoms with van der Waals surface area (Å²) in [5, 5.41) is 10.8. The number of nitro benzene ring substituents is 1. The molecule has 0 fully saturated rings. The molecular weight excluding hydrogens is 290 g/mol. The van der Waals surface area contributed by atoms with Crippen LogP contribution in [0.4, 0.5) is 5.69 Å². The van der Waals surface area contributed by atoms with Crippen molar-refractivity contribution in [2.75, 3.05) is 0 Å². The Kier molecular flexibility index (Phi) is 4.19. The molecular formula is C18H17N3O2. The number of aromatic nitrogens is 2. The van der Waals surface area contributed by atoms with Crippen LogP contribution in [-0.4, -0.2) is 14.5 Å². The monoisotopic (exact) mass is 307 g/mol. The van der Waals surface area contributed by atoms with Crippen molar-refractivity contribution in [1.82, 2.24) is 9.55 Å². The van der Waals surface area contributed by atoms with E-state index in [1.54, 1.807) is 12.1 Å². The van der Waals surface area contributed by atoms with Crippen LogP contribution in [0, 0.1) is 10.1 Å². The molecule has 0 amide bonds. The largest absolute Gasteiger partial charge is 0.330 e. The first kappa shape index (κ1) is 15.0. The Labute approximate surface area is 134 Å². The van der Waals surface area contributed by atoms with Crippen molar-refractivity contribution in [3.63, 3.8) is 0 Å². The summed E-state index contributed by atoms with van der Waals surface area (Å²) in [6.07, 6.45) is 3.03. The van der Waals surface area contributed by atoms with Gasteiger partial charge in [0, 0.05) is 36.0 Å². The minimum absolute atomic E-state index is 0.0885. The fraction of sp³-hybridized carbons (Fsp3) is 0.167. The number of imidazole rings is 1. The molecule has 0 atom stereocenters. The van der Waals surface area contributed by atoms with E-state index in [1.165, 1.54) is 12.1 Å². The molecule has 0 aliphatic heterocycles. The zero-order valence-electron chi connectivity index (χ0n) is 12.8. The number of benzene rings is 2. The zero-order valence-corrected chi connectivity index (χ0v) is 12.8. The van der Waals surface area contributed by atoms with Crippen LogP contribution in [0.3, 0.4) is 0 Å². The fourth-order valence-electron chi connectivity index (χ4n) is 2.54. The second kappa shape index (κ2) is 6.44. The van der Waals surface area contributed by atoms with Crippen LogP contribution in [0.25, 0.3) is 22.6 Å². The van der Waals surface area contributed by atoms with Gasteiger partial charge in [0.1, 0.15) is 5.82 Å². The van der Waals surface area contributed by atoms with Gasteiger partial charge in [-0.2, -0.15) is 0 Å². The summed E-state index contributed by atoms with van der Waals surface area (Å²) >= 11 is 0. The van der Waals surface area contributed by atoms with E-state index < -0.39 is 4.92 Å². The normalized spacial score (nSPS) is 10.7. The highest BCUT2D eigenvalue weighted by atomic mass is 16.6. The maximum Gasteiger partial charge on any atom is 0.269 e. The zero-order chi connectivity index (χ0) is 16.2. The Morgan fingerprint density at radius 1 is 1.04 bits per heavy atom. The van der Waals surface area contributed by atoms with Crippen molar-refractivity contribution in [2.45, 2.75) is 19.9 Å². The lowest BCUT2D eigenvalue weighted by Crippen LogP contribution is -1.98. The summed E-state index contributed by atoms with van der Waals surface area (Å²) in [5.41, 5.74) is 2.94. The van der Waals surface area contributed by atoms with Gasteiger partial charge in [0.15, 0.2) is 0 Å². The molecule has 5 nitrogen and oxygen atoms in total. The molecule has 0 saturated carbocycles. The van der Waals surface area contributed by atoms with Crippen LogP contribution in [0.1, 0.15) is 13.3 Å². The van der Waals surface area contributed by atoms with Gasteiger partial charge in [0.05, 0.1) is 10.6 Å². The second-order valence-corrected chi connectivity index (χ2v) is 5.31. The molecule has 0 N–H and O–H groups in total. The first-order valence-electron chi connectivity index (χ1n) is 7.56. The van der Waals surface area contributed by atoms with E-state index in [-0.39, 0.29) is 5.69 Å². The van der Waals surface area contributed by atoms with Crippen LogP contribution < -0.4 is 0 Å². The van der Waals surface area contributed by atoms with Crippen LogP contribution >= 0.6 is 0 Å². The van der Waals surface area contributed by atoms with E-state index in [9.17, 15) is 10.1 Å². The predicted molar refractivity (Wildman–Crippen MR) is 90.0 cm³/mol. The Bertz CT molecular complexity index is 808. The minimum atomic E-state index is -0.391. The summed E-state index contributed by atoms with van der Waals surface area (Å²) in [5.74, 6) is 0.834. The molecule has 3 aromatic rings. The average Bonchev–Trinajstić information content (AvgIpc) is 3.00. The SMILES string of the molecule is CCCn1cc(-c2ccccc2)nc1-c1ccc([N+](=O)[O-])cc1. The Hall–Kier alpha value is -2.95. The molecule has 0 aliphatic rings. The second-order valence-electron chi connectivity index (χ2n) is 5.31. The molecule has 23 heavy (non-hydrogen) atoms. The van der Waals surface area contributed by atoms with Gasteiger partial charge in [-0.15, -0.1) is 0 Å². The third-order valence-corrected chi connectivity index (χ3v) is 3.65. The number of rotatable bonds is 5. The summed E-state index contributed by atoms with van der Waals surface area (Å²) in [7, 11) is 0. The first-order chi connectivity index (χ1) is 11.2. The van der Waals surface area contributed by atoms with E-state index >= 15 is 0 Å². The van der Waals surface area contributed by atoms with Crippen molar-refractivity contribution in [1.29, 1.82) is 0 Å². The van der Waals surface area contributed by atoms with E-state index in [1.807, 2.05) is 36.5 Å². The molecule has 0 bridgehead atoms. The van der Waals surface area contributed by atoms with Crippen molar-refractivity contribution in [3.8, 4) is 22.6 Å². The predicted octanol–water partition coefficient (Wildman–Crippen LogP) is 4.54. The molecule has 0 saturated heterocycles. The smallest absolute Gasteiger partial charge is 0.269 e. The van der Waals surface area contributed by atoms with Crippen LogP contribution in [0.5, 0.6) is 0 Å². The molecule has 0 aliphatic carbocycles. The number of nitro groups is 1. The molecule has 2 aromatic carbocycles. The first-order valence-corrected chi connectivity index (χ1v) is 7.56. The molecule has 116 valence electrons. The van der Waals surface area contributed by atoms with Crippen molar-refractivity contribution in [2.24, 2.45) is 0 Å². The van der Waals surface area contributed by atoms with Crippen LogP contribution in [0.2, 0.25) is 0 Å². The van der Waals surface area contributed by atoms with Gasteiger partial charge in [-0.05, 0) is 18.6 Å². The standard InChI is InChI=1S/C18H17N3O2/c1-2-12-20-13-17(14-6-4-3-5-7-14)19-18(20)15-8-10-16(11-9-15)21(22)23/h3-11,13H,2,12H2,1H3. The van der Waals surface area contributed by atoms with E-state index in [0.717, 1.165) is 35.6 Å².